The summed E-state index contributed by atoms with van der Waals surface area (Å²) < 4.78 is 6.93. The number of rotatable bonds is 3. The Balaban J connectivity index is 2.05. The molecule has 2 heterocycles. The molecule has 0 unspecified atom stereocenters. The fourth-order valence-corrected chi connectivity index (χ4v) is 2.22. The van der Waals surface area contributed by atoms with Crippen LogP contribution in [0, 0.1) is 0 Å². The first-order chi connectivity index (χ1) is 8.00. The third-order valence-electron chi connectivity index (χ3n) is 3.15. The smallest absolute Gasteiger partial charge is 0.173 e. The maximum Gasteiger partial charge on any atom is 0.173 e. The van der Waals surface area contributed by atoms with E-state index in [0.29, 0.717) is 44.1 Å². The van der Waals surface area contributed by atoms with Gasteiger partial charge in [-0.25, -0.2) is 0 Å². The SMILES string of the molecule is CN(CC1(O)CCOCC1)c1nn(C)cc1N. The van der Waals surface area contributed by atoms with Gasteiger partial charge in [0.25, 0.3) is 0 Å². The van der Waals surface area contributed by atoms with Crippen LogP contribution in [-0.2, 0) is 11.8 Å². The molecule has 0 amide bonds. The maximum atomic E-state index is 10.4. The van der Waals surface area contributed by atoms with Crippen molar-refractivity contribution in [2.24, 2.45) is 7.05 Å². The number of aryl methyl sites for hydroxylation is 1. The van der Waals surface area contributed by atoms with E-state index in [1.54, 1.807) is 10.9 Å². The van der Waals surface area contributed by atoms with E-state index in [9.17, 15) is 5.11 Å². The van der Waals surface area contributed by atoms with Crippen LogP contribution >= 0.6 is 0 Å². The summed E-state index contributed by atoms with van der Waals surface area (Å²) in [4.78, 5) is 1.90. The zero-order valence-corrected chi connectivity index (χ0v) is 10.4. The third kappa shape index (κ3) is 2.70. The first-order valence-corrected chi connectivity index (χ1v) is 5.81. The van der Waals surface area contributed by atoms with Gasteiger partial charge >= 0.3 is 0 Å². The Hall–Kier alpha value is -1.27. The molecule has 0 bridgehead atoms. The van der Waals surface area contributed by atoms with Crippen LogP contribution in [0.2, 0.25) is 0 Å². The Bertz CT molecular complexity index is 385. The molecule has 3 N–H and O–H groups in total. The van der Waals surface area contributed by atoms with E-state index in [4.69, 9.17) is 10.5 Å². The highest BCUT2D eigenvalue weighted by atomic mass is 16.5. The Kier molecular flexibility index (Phi) is 3.26. The third-order valence-corrected chi connectivity index (χ3v) is 3.15. The molecule has 2 rings (SSSR count). The van der Waals surface area contributed by atoms with Crippen molar-refractivity contribution in [1.82, 2.24) is 9.78 Å². The predicted octanol–water partition coefficient (Wildman–Crippen LogP) is -0.0200. The quantitative estimate of drug-likeness (QED) is 0.776. The van der Waals surface area contributed by atoms with Crippen molar-refractivity contribution in [3.8, 4) is 0 Å². The molecule has 17 heavy (non-hydrogen) atoms. The lowest BCUT2D eigenvalue weighted by Crippen LogP contribution is -2.46. The number of anilines is 2. The lowest BCUT2D eigenvalue weighted by molar-refractivity contribution is -0.0573. The Morgan fingerprint density at radius 2 is 2.24 bits per heavy atom. The van der Waals surface area contributed by atoms with Crippen LogP contribution in [0.15, 0.2) is 6.20 Å². The van der Waals surface area contributed by atoms with E-state index in [-0.39, 0.29) is 0 Å². The summed E-state index contributed by atoms with van der Waals surface area (Å²) >= 11 is 0. The molecular formula is C11H20N4O2. The summed E-state index contributed by atoms with van der Waals surface area (Å²) in [5, 5.41) is 14.7. The maximum absolute atomic E-state index is 10.4. The lowest BCUT2D eigenvalue weighted by atomic mass is 9.94. The second-order valence-corrected chi connectivity index (χ2v) is 4.77. The normalized spacial score (nSPS) is 19.2. The van der Waals surface area contributed by atoms with Crippen LogP contribution in [0.25, 0.3) is 0 Å². The van der Waals surface area contributed by atoms with E-state index in [1.165, 1.54) is 0 Å². The average molecular weight is 240 g/mol. The van der Waals surface area contributed by atoms with Gasteiger partial charge in [-0.05, 0) is 0 Å². The summed E-state index contributed by atoms with van der Waals surface area (Å²) in [6.07, 6.45) is 3.08. The lowest BCUT2D eigenvalue weighted by Gasteiger charge is -2.35. The van der Waals surface area contributed by atoms with E-state index in [2.05, 4.69) is 5.10 Å². The van der Waals surface area contributed by atoms with Crippen LogP contribution in [0.4, 0.5) is 11.5 Å². The average Bonchev–Trinajstić information content (AvgIpc) is 2.58. The highest BCUT2D eigenvalue weighted by molar-refractivity contribution is 5.61. The minimum absolute atomic E-state index is 0.525. The van der Waals surface area contributed by atoms with Gasteiger partial charge in [-0.2, -0.15) is 5.10 Å². The highest BCUT2D eigenvalue weighted by Gasteiger charge is 2.32. The molecular weight excluding hydrogens is 220 g/mol. The Morgan fingerprint density at radius 1 is 1.59 bits per heavy atom. The van der Waals surface area contributed by atoms with Crippen LogP contribution < -0.4 is 10.6 Å². The van der Waals surface area contributed by atoms with Crippen molar-refractivity contribution < 1.29 is 9.84 Å². The van der Waals surface area contributed by atoms with Crippen molar-refractivity contribution in [2.45, 2.75) is 18.4 Å². The molecule has 6 heteroatoms. The van der Waals surface area contributed by atoms with Crippen molar-refractivity contribution in [3.63, 3.8) is 0 Å². The summed E-state index contributed by atoms with van der Waals surface area (Å²) in [6, 6.07) is 0. The van der Waals surface area contributed by atoms with Crippen LogP contribution in [0.5, 0.6) is 0 Å². The summed E-state index contributed by atoms with van der Waals surface area (Å²) in [7, 11) is 3.73. The molecule has 1 aliphatic heterocycles. The van der Waals surface area contributed by atoms with Crippen LogP contribution in [-0.4, -0.2) is 47.3 Å². The topological polar surface area (TPSA) is 76.5 Å². The van der Waals surface area contributed by atoms with Gasteiger partial charge in [0.2, 0.25) is 0 Å². The zero-order valence-electron chi connectivity index (χ0n) is 10.4. The van der Waals surface area contributed by atoms with Gasteiger partial charge in [0.1, 0.15) is 0 Å². The zero-order chi connectivity index (χ0) is 12.5. The number of hydrogen-bond donors (Lipinski definition) is 2. The molecule has 1 aliphatic rings. The number of hydrogen-bond acceptors (Lipinski definition) is 5. The fourth-order valence-electron chi connectivity index (χ4n) is 2.22. The van der Waals surface area contributed by atoms with Gasteiger partial charge < -0.3 is 20.5 Å². The van der Waals surface area contributed by atoms with E-state index in [0.717, 1.165) is 0 Å². The number of aromatic nitrogens is 2. The van der Waals surface area contributed by atoms with Gasteiger partial charge in [0, 0.05) is 52.9 Å². The molecule has 1 saturated heterocycles. The molecule has 0 aromatic carbocycles. The van der Waals surface area contributed by atoms with Crippen molar-refractivity contribution in [3.05, 3.63) is 6.20 Å². The van der Waals surface area contributed by atoms with Gasteiger partial charge in [0.15, 0.2) is 5.82 Å². The number of nitrogen functional groups attached to an aromatic ring is 1. The van der Waals surface area contributed by atoms with Gasteiger partial charge in [-0.15, -0.1) is 0 Å². The van der Waals surface area contributed by atoms with E-state index < -0.39 is 5.60 Å². The molecule has 0 saturated carbocycles. The number of nitrogens with two attached hydrogens (primary N) is 1. The summed E-state index contributed by atoms with van der Waals surface area (Å²) in [6.45, 7) is 1.75. The molecule has 1 fully saturated rings. The molecule has 1 aromatic heterocycles. The molecule has 0 radical (unpaired) electrons. The summed E-state index contributed by atoms with van der Waals surface area (Å²) in [5.41, 5.74) is 5.79. The number of aliphatic hydroxyl groups is 1. The van der Waals surface area contributed by atoms with Gasteiger partial charge in [-0.3, -0.25) is 4.68 Å². The molecule has 96 valence electrons. The summed E-state index contributed by atoms with van der Waals surface area (Å²) in [5.74, 6) is 0.715. The van der Waals surface area contributed by atoms with Crippen LogP contribution in [0.1, 0.15) is 12.8 Å². The van der Waals surface area contributed by atoms with Crippen molar-refractivity contribution in [1.29, 1.82) is 0 Å². The van der Waals surface area contributed by atoms with E-state index >= 15 is 0 Å². The monoisotopic (exact) mass is 240 g/mol. The number of nitrogens with zero attached hydrogens (tertiary/aromatic N) is 3. The van der Waals surface area contributed by atoms with E-state index in [1.807, 2.05) is 19.0 Å². The Labute approximate surface area is 101 Å². The highest BCUT2D eigenvalue weighted by Crippen LogP contribution is 2.25. The molecule has 6 nitrogen and oxygen atoms in total. The minimum Gasteiger partial charge on any atom is -0.394 e. The minimum atomic E-state index is -0.697. The molecule has 0 aliphatic carbocycles. The predicted molar refractivity (Wildman–Crippen MR) is 65.9 cm³/mol. The molecule has 0 atom stereocenters. The van der Waals surface area contributed by atoms with Crippen molar-refractivity contribution in [2.75, 3.05) is 37.4 Å². The van der Waals surface area contributed by atoms with Gasteiger partial charge in [-0.1, -0.05) is 0 Å². The van der Waals surface area contributed by atoms with Crippen LogP contribution in [0.3, 0.4) is 0 Å². The first kappa shape index (κ1) is 12.2. The fraction of sp³-hybridized carbons (Fsp3) is 0.727. The van der Waals surface area contributed by atoms with Gasteiger partial charge in [0.05, 0.1) is 11.3 Å². The largest absolute Gasteiger partial charge is 0.394 e. The number of ether oxygens (including phenoxy) is 1. The van der Waals surface area contributed by atoms with Crippen molar-refractivity contribution >= 4 is 11.5 Å². The molecule has 1 aromatic rings. The second-order valence-electron chi connectivity index (χ2n) is 4.77. The molecule has 0 spiro atoms. The first-order valence-electron chi connectivity index (χ1n) is 5.81. The number of likely N-dealkylation sites (N-methyl/N-ethyl adjacent to an activating group) is 1. The standard InChI is InChI=1S/C11H20N4O2/c1-14(10-9(12)7-15(2)13-10)8-11(16)3-5-17-6-4-11/h7,16H,3-6,8,12H2,1-2H3. The Morgan fingerprint density at radius 3 is 2.76 bits per heavy atom. The second kappa shape index (κ2) is 4.54.